The van der Waals surface area contributed by atoms with Crippen LogP contribution in [0.5, 0.6) is 5.75 Å². The van der Waals surface area contributed by atoms with Crippen molar-refractivity contribution < 1.29 is 9.13 Å². The largest absolute Gasteiger partial charge is 0.489 e. The number of hydrogen-bond donors (Lipinski definition) is 1. The van der Waals surface area contributed by atoms with Crippen LogP contribution in [-0.4, -0.2) is 16.1 Å². The minimum atomic E-state index is -0.238. The van der Waals surface area contributed by atoms with E-state index in [1.54, 1.807) is 18.3 Å². The molecule has 130 valence electrons. The maximum Gasteiger partial charge on any atom is 0.129 e. The van der Waals surface area contributed by atoms with E-state index in [0.29, 0.717) is 5.56 Å². The van der Waals surface area contributed by atoms with Gasteiger partial charge in [-0.15, -0.1) is 0 Å². The third kappa shape index (κ3) is 5.43. The lowest BCUT2D eigenvalue weighted by atomic mass is 10.2. The second-order valence-electron chi connectivity index (χ2n) is 5.86. The van der Waals surface area contributed by atoms with Gasteiger partial charge in [-0.3, -0.25) is 0 Å². The van der Waals surface area contributed by atoms with E-state index in [4.69, 9.17) is 4.74 Å². The molecule has 4 nitrogen and oxygen atoms in total. The molecule has 0 saturated heterocycles. The molecule has 0 spiro atoms. The Morgan fingerprint density at radius 2 is 2.04 bits per heavy atom. The quantitative estimate of drug-likeness (QED) is 0.603. The van der Waals surface area contributed by atoms with Crippen molar-refractivity contribution in [3.05, 3.63) is 84.2 Å². The highest BCUT2D eigenvalue weighted by Gasteiger charge is 2.02. The number of rotatable bonds is 9. The lowest BCUT2D eigenvalue weighted by Crippen LogP contribution is -2.16. The number of aryl methyl sites for hydroxylation is 1. The summed E-state index contributed by atoms with van der Waals surface area (Å²) in [5.41, 5.74) is 1.71. The number of nitrogens with zero attached hydrogens (tertiary/aromatic N) is 2. The molecule has 0 amide bonds. The molecule has 0 aliphatic heterocycles. The van der Waals surface area contributed by atoms with E-state index in [1.807, 2.05) is 36.8 Å². The van der Waals surface area contributed by atoms with Crippen molar-refractivity contribution in [1.29, 1.82) is 0 Å². The van der Waals surface area contributed by atoms with Crippen LogP contribution in [-0.2, 0) is 19.7 Å². The summed E-state index contributed by atoms with van der Waals surface area (Å²) in [5.74, 6) is 0.513. The van der Waals surface area contributed by atoms with Gasteiger partial charge in [-0.25, -0.2) is 9.37 Å². The van der Waals surface area contributed by atoms with Gasteiger partial charge in [0.2, 0.25) is 0 Å². The van der Waals surface area contributed by atoms with E-state index in [9.17, 15) is 4.39 Å². The van der Waals surface area contributed by atoms with Gasteiger partial charge in [0.05, 0.1) is 6.33 Å². The summed E-state index contributed by atoms with van der Waals surface area (Å²) in [6, 6.07) is 14.6. The van der Waals surface area contributed by atoms with E-state index in [-0.39, 0.29) is 12.4 Å². The molecular formula is C20H22FN3O. The zero-order valence-corrected chi connectivity index (χ0v) is 14.1. The Labute approximate surface area is 147 Å². The smallest absolute Gasteiger partial charge is 0.129 e. The molecule has 5 heteroatoms. The summed E-state index contributed by atoms with van der Waals surface area (Å²) < 4.78 is 21.4. The summed E-state index contributed by atoms with van der Waals surface area (Å²) in [7, 11) is 0. The topological polar surface area (TPSA) is 39.1 Å². The predicted octanol–water partition coefficient (Wildman–Crippen LogP) is 3.78. The molecule has 1 N–H and O–H groups in total. The monoisotopic (exact) mass is 339 g/mol. The van der Waals surface area contributed by atoms with Gasteiger partial charge in [0.1, 0.15) is 18.2 Å². The van der Waals surface area contributed by atoms with Crippen LogP contribution >= 0.6 is 0 Å². The molecule has 25 heavy (non-hydrogen) atoms. The van der Waals surface area contributed by atoms with Gasteiger partial charge < -0.3 is 14.6 Å². The predicted molar refractivity (Wildman–Crippen MR) is 95.7 cm³/mol. The van der Waals surface area contributed by atoms with Crippen molar-refractivity contribution in [2.45, 2.75) is 26.1 Å². The fourth-order valence-electron chi connectivity index (χ4n) is 2.56. The summed E-state index contributed by atoms with van der Waals surface area (Å²) in [4.78, 5) is 4.03. The van der Waals surface area contributed by atoms with Gasteiger partial charge in [-0.2, -0.15) is 0 Å². The molecule has 0 aliphatic carbocycles. The minimum absolute atomic E-state index is 0.231. The molecule has 2 aromatic carbocycles. The van der Waals surface area contributed by atoms with Crippen LogP contribution in [0.15, 0.2) is 67.3 Å². The van der Waals surface area contributed by atoms with Gasteiger partial charge in [-0.1, -0.05) is 30.3 Å². The first kappa shape index (κ1) is 17.2. The van der Waals surface area contributed by atoms with Gasteiger partial charge >= 0.3 is 0 Å². The molecule has 0 radical (unpaired) electrons. The molecule has 0 unspecified atom stereocenters. The molecule has 0 fully saturated rings. The van der Waals surface area contributed by atoms with E-state index in [0.717, 1.165) is 37.4 Å². The number of ether oxygens (including phenoxy) is 1. The number of imidazole rings is 1. The maximum atomic E-state index is 13.6. The third-order valence-electron chi connectivity index (χ3n) is 3.91. The Morgan fingerprint density at radius 1 is 1.12 bits per heavy atom. The Balaban J connectivity index is 1.42. The lowest BCUT2D eigenvalue weighted by Gasteiger charge is -2.10. The Kier molecular flexibility index (Phi) is 6.17. The average molecular weight is 339 g/mol. The molecule has 3 rings (SSSR count). The standard InChI is InChI=1S/C20H22FN3O/c21-20-8-2-1-6-18(20)15-25-19-7-3-5-17(13-19)14-22-9-4-11-24-12-10-23-16-24/h1-3,5-8,10,12-13,16,22H,4,9,11,14-15H2. The zero-order valence-electron chi connectivity index (χ0n) is 14.1. The number of nitrogens with one attached hydrogen (secondary N) is 1. The maximum absolute atomic E-state index is 13.6. The zero-order chi connectivity index (χ0) is 17.3. The van der Waals surface area contributed by atoms with Crippen molar-refractivity contribution in [2.24, 2.45) is 0 Å². The Morgan fingerprint density at radius 3 is 2.88 bits per heavy atom. The van der Waals surface area contributed by atoms with Gasteiger partial charge in [0.15, 0.2) is 0 Å². The molecule has 0 aliphatic rings. The first-order chi connectivity index (χ1) is 12.3. The number of benzene rings is 2. The van der Waals surface area contributed by atoms with Crippen molar-refractivity contribution in [3.8, 4) is 5.75 Å². The minimum Gasteiger partial charge on any atom is -0.489 e. The molecule has 0 bridgehead atoms. The first-order valence-corrected chi connectivity index (χ1v) is 8.43. The van der Waals surface area contributed by atoms with Crippen LogP contribution in [0.4, 0.5) is 4.39 Å². The van der Waals surface area contributed by atoms with Crippen LogP contribution in [0.1, 0.15) is 17.5 Å². The van der Waals surface area contributed by atoms with Crippen LogP contribution < -0.4 is 10.1 Å². The molecule has 1 heterocycles. The Hall–Kier alpha value is -2.66. The summed E-state index contributed by atoms with van der Waals surface area (Å²) >= 11 is 0. The van der Waals surface area contributed by atoms with Gasteiger partial charge in [0.25, 0.3) is 0 Å². The van der Waals surface area contributed by atoms with E-state index < -0.39 is 0 Å². The molecule has 0 saturated carbocycles. The third-order valence-corrected chi connectivity index (χ3v) is 3.91. The average Bonchev–Trinajstić information content (AvgIpc) is 3.15. The van der Waals surface area contributed by atoms with Crippen molar-refractivity contribution in [3.63, 3.8) is 0 Å². The second kappa shape index (κ2) is 8.99. The van der Waals surface area contributed by atoms with Crippen LogP contribution in [0.3, 0.4) is 0 Å². The highest BCUT2D eigenvalue weighted by molar-refractivity contribution is 5.29. The normalized spacial score (nSPS) is 10.8. The number of aromatic nitrogens is 2. The fraction of sp³-hybridized carbons (Fsp3) is 0.250. The first-order valence-electron chi connectivity index (χ1n) is 8.43. The van der Waals surface area contributed by atoms with Gasteiger partial charge in [-0.05, 0) is 36.7 Å². The van der Waals surface area contributed by atoms with Crippen molar-refractivity contribution >= 4 is 0 Å². The van der Waals surface area contributed by atoms with E-state index in [1.165, 1.54) is 6.07 Å². The van der Waals surface area contributed by atoms with Crippen molar-refractivity contribution in [1.82, 2.24) is 14.9 Å². The van der Waals surface area contributed by atoms with Gasteiger partial charge in [0, 0.05) is 31.0 Å². The fourth-order valence-corrected chi connectivity index (χ4v) is 2.56. The van der Waals surface area contributed by atoms with Crippen LogP contribution in [0.25, 0.3) is 0 Å². The molecule has 1 aromatic heterocycles. The molecule has 0 atom stereocenters. The SMILES string of the molecule is Fc1ccccc1COc1cccc(CNCCCn2ccnc2)c1. The highest BCUT2D eigenvalue weighted by Crippen LogP contribution is 2.16. The van der Waals surface area contributed by atoms with Crippen molar-refractivity contribution in [2.75, 3.05) is 6.54 Å². The summed E-state index contributed by atoms with van der Waals surface area (Å²) in [6.45, 7) is 2.90. The highest BCUT2D eigenvalue weighted by atomic mass is 19.1. The summed E-state index contributed by atoms with van der Waals surface area (Å²) in [6.07, 6.45) is 6.63. The van der Waals surface area contributed by atoms with E-state index in [2.05, 4.69) is 20.9 Å². The van der Waals surface area contributed by atoms with Crippen LogP contribution in [0.2, 0.25) is 0 Å². The van der Waals surface area contributed by atoms with Crippen LogP contribution in [0, 0.1) is 5.82 Å². The number of hydrogen-bond acceptors (Lipinski definition) is 3. The molecular weight excluding hydrogens is 317 g/mol. The molecule has 3 aromatic rings. The number of halogens is 1. The van der Waals surface area contributed by atoms with E-state index >= 15 is 0 Å². The second-order valence-corrected chi connectivity index (χ2v) is 5.86. The Bertz CT molecular complexity index is 774. The lowest BCUT2D eigenvalue weighted by molar-refractivity contribution is 0.299. The summed E-state index contributed by atoms with van der Waals surface area (Å²) in [5, 5.41) is 3.42.